The summed E-state index contributed by atoms with van der Waals surface area (Å²) in [7, 11) is 1.71. The van der Waals surface area contributed by atoms with Crippen LogP contribution in [0.5, 0.6) is 5.75 Å². The van der Waals surface area contributed by atoms with Crippen molar-refractivity contribution in [3.63, 3.8) is 0 Å². The van der Waals surface area contributed by atoms with Crippen LogP contribution in [0, 0.1) is 0 Å². The highest BCUT2D eigenvalue weighted by molar-refractivity contribution is 5.43. The first kappa shape index (κ1) is 14.4. The van der Waals surface area contributed by atoms with Gasteiger partial charge in [0.25, 0.3) is 0 Å². The van der Waals surface area contributed by atoms with Gasteiger partial charge in [-0.25, -0.2) is 0 Å². The van der Waals surface area contributed by atoms with Crippen molar-refractivity contribution in [1.29, 1.82) is 0 Å². The van der Waals surface area contributed by atoms with Gasteiger partial charge in [-0.05, 0) is 49.9 Å². The van der Waals surface area contributed by atoms with E-state index in [1.807, 2.05) is 6.92 Å². The summed E-state index contributed by atoms with van der Waals surface area (Å²) in [6, 6.07) is 6.90. The van der Waals surface area contributed by atoms with Crippen LogP contribution in [0.15, 0.2) is 18.2 Å². The van der Waals surface area contributed by atoms with E-state index in [1.54, 1.807) is 7.11 Å². The Morgan fingerprint density at radius 3 is 3.00 bits per heavy atom. The second-order valence-corrected chi connectivity index (χ2v) is 5.21. The van der Waals surface area contributed by atoms with Gasteiger partial charge in [-0.15, -0.1) is 0 Å². The molecule has 1 aromatic carbocycles. The first-order chi connectivity index (χ1) is 9.26. The molecule has 3 nitrogen and oxygen atoms in total. The van der Waals surface area contributed by atoms with Crippen LogP contribution < -0.4 is 10.1 Å². The van der Waals surface area contributed by atoms with E-state index in [4.69, 9.17) is 9.47 Å². The Kier molecular flexibility index (Phi) is 5.23. The molecule has 0 radical (unpaired) electrons. The van der Waals surface area contributed by atoms with E-state index >= 15 is 0 Å². The van der Waals surface area contributed by atoms with Gasteiger partial charge in [-0.1, -0.05) is 19.1 Å². The van der Waals surface area contributed by atoms with Crippen molar-refractivity contribution in [3.05, 3.63) is 29.3 Å². The molecule has 0 saturated carbocycles. The molecule has 1 aliphatic rings. The number of rotatable bonds is 6. The Labute approximate surface area is 116 Å². The van der Waals surface area contributed by atoms with Crippen molar-refractivity contribution in [1.82, 2.24) is 5.32 Å². The molecule has 3 heteroatoms. The second-order valence-electron chi connectivity index (χ2n) is 5.21. The van der Waals surface area contributed by atoms with Crippen molar-refractivity contribution in [2.24, 2.45) is 0 Å². The average molecular weight is 263 g/mol. The summed E-state index contributed by atoms with van der Waals surface area (Å²) in [4.78, 5) is 0. The summed E-state index contributed by atoms with van der Waals surface area (Å²) < 4.78 is 11.2. The van der Waals surface area contributed by atoms with Gasteiger partial charge in [0.2, 0.25) is 0 Å². The minimum Gasteiger partial charge on any atom is -0.488 e. The first-order valence-corrected chi connectivity index (χ1v) is 7.27. The zero-order valence-electron chi connectivity index (χ0n) is 12.2. The molecular formula is C16H25NO2. The van der Waals surface area contributed by atoms with E-state index in [1.165, 1.54) is 24.0 Å². The normalized spacial score (nSPS) is 19.8. The molecule has 106 valence electrons. The van der Waals surface area contributed by atoms with Crippen LogP contribution in [-0.2, 0) is 11.2 Å². The average Bonchev–Trinajstić information content (AvgIpc) is 2.40. The first-order valence-electron chi connectivity index (χ1n) is 7.27. The fourth-order valence-corrected chi connectivity index (χ4v) is 2.87. The van der Waals surface area contributed by atoms with Gasteiger partial charge < -0.3 is 14.8 Å². The standard InChI is InChI=1S/C16H25NO2/c1-4-17-15-9-5-8-14-13(15)7-6-10-16(14)19-12(2)11-18-3/h6-7,10,12,15,17H,4-5,8-9,11H2,1-3H3. The molecule has 1 aliphatic carbocycles. The van der Waals surface area contributed by atoms with Gasteiger partial charge in [-0.2, -0.15) is 0 Å². The van der Waals surface area contributed by atoms with Crippen LogP contribution in [0.2, 0.25) is 0 Å². The number of ether oxygens (including phenoxy) is 2. The molecule has 2 atom stereocenters. The molecule has 2 unspecified atom stereocenters. The zero-order valence-corrected chi connectivity index (χ0v) is 12.2. The monoisotopic (exact) mass is 263 g/mol. The van der Waals surface area contributed by atoms with E-state index < -0.39 is 0 Å². The minimum atomic E-state index is 0.0935. The highest BCUT2D eigenvalue weighted by atomic mass is 16.5. The van der Waals surface area contributed by atoms with Gasteiger partial charge in [-0.3, -0.25) is 0 Å². The highest BCUT2D eigenvalue weighted by Crippen LogP contribution is 2.35. The fraction of sp³-hybridized carbons (Fsp3) is 0.625. The molecule has 0 spiro atoms. The molecule has 19 heavy (non-hydrogen) atoms. The Bertz CT molecular complexity index is 406. The summed E-state index contributed by atoms with van der Waals surface area (Å²) >= 11 is 0. The zero-order chi connectivity index (χ0) is 13.7. The Morgan fingerprint density at radius 1 is 1.42 bits per heavy atom. The summed E-state index contributed by atoms with van der Waals surface area (Å²) in [5.74, 6) is 1.03. The number of methoxy groups -OCH3 is 1. The number of hydrogen-bond donors (Lipinski definition) is 1. The van der Waals surface area contributed by atoms with Gasteiger partial charge in [0, 0.05) is 13.2 Å². The van der Waals surface area contributed by atoms with Crippen LogP contribution in [0.3, 0.4) is 0 Å². The molecule has 1 aromatic rings. The second kappa shape index (κ2) is 6.92. The van der Waals surface area contributed by atoms with E-state index in [-0.39, 0.29) is 6.10 Å². The van der Waals surface area contributed by atoms with E-state index in [0.717, 1.165) is 18.7 Å². The molecular weight excluding hydrogens is 238 g/mol. The summed E-state index contributed by atoms with van der Waals surface area (Å²) in [5.41, 5.74) is 2.79. The fourth-order valence-electron chi connectivity index (χ4n) is 2.87. The van der Waals surface area contributed by atoms with Crippen molar-refractivity contribution in [2.45, 2.75) is 45.3 Å². The summed E-state index contributed by atoms with van der Waals surface area (Å²) in [6.45, 7) is 5.85. The molecule has 1 N–H and O–H groups in total. The lowest BCUT2D eigenvalue weighted by molar-refractivity contribution is 0.0911. The molecule has 0 aromatic heterocycles. The maximum atomic E-state index is 6.03. The summed E-state index contributed by atoms with van der Waals surface area (Å²) in [6.07, 6.45) is 3.66. The topological polar surface area (TPSA) is 30.5 Å². The maximum Gasteiger partial charge on any atom is 0.123 e. The SMILES string of the molecule is CCNC1CCCc2c(OC(C)COC)cccc21. The third-order valence-electron chi connectivity index (χ3n) is 3.64. The minimum absolute atomic E-state index is 0.0935. The molecule has 0 heterocycles. The van der Waals surface area contributed by atoms with Crippen LogP contribution in [0.4, 0.5) is 0 Å². The third-order valence-corrected chi connectivity index (χ3v) is 3.64. The number of benzene rings is 1. The van der Waals surface area contributed by atoms with E-state index in [2.05, 4.69) is 30.4 Å². The van der Waals surface area contributed by atoms with Crippen LogP contribution in [0.25, 0.3) is 0 Å². The predicted octanol–water partition coefficient (Wildman–Crippen LogP) is 3.09. The van der Waals surface area contributed by atoms with Crippen LogP contribution in [-0.4, -0.2) is 26.4 Å². The van der Waals surface area contributed by atoms with E-state index in [0.29, 0.717) is 12.6 Å². The van der Waals surface area contributed by atoms with Crippen LogP contribution >= 0.6 is 0 Å². The quantitative estimate of drug-likeness (QED) is 0.855. The van der Waals surface area contributed by atoms with E-state index in [9.17, 15) is 0 Å². The lowest BCUT2D eigenvalue weighted by atomic mass is 9.87. The number of hydrogen-bond acceptors (Lipinski definition) is 3. The highest BCUT2D eigenvalue weighted by Gasteiger charge is 2.22. The summed E-state index contributed by atoms with van der Waals surface area (Å²) in [5, 5.41) is 3.57. The predicted molar refractivity (Wildman–Crippen MR) is 77.8 cm³/mol. The molecule has 0 amide bonds. The molecule has 0 saturated heterocycles. The lowest BCUT2D eigenvalue weighted by Gasteiger charge is -2.28. The van der Waals surface area contributed by atoms with Gasteiger partial charge in [0.05, 0.1) is 6.61 Å². The number of nitrogens with one attached hydrogen (secondary N) is 1. The van der Waals surface area contributed by atoms with Crippen molar-refractivity contribution < 1.29 is 9.47 Å². The smallest absolute Gasteiger partial charge is 0.123 e. The molecule has 0 aliphatic heterocycles. The number of fused-ring (bicyclic) bond motifs is 1. The molecule has 0 fully saturated rings. The lowest BCUT2D eigenvalue weighted by Crippen LogP contribution is -2.26. The third kappa shape index (κ3) is 3.48. The molecule has 2 rings (SSSR count). The Hall–Kier alpha value is -1.06. The molecule has 0 bridgehead atoms. The van der Waals surface area contributed by atoms with Gasteiger partial charge >= 0.3 is 0 Å². The van der Waals surface area contributed by atoms with Crippen molar-refractivity contribution >= 4 is 0 Å². The van der Waals surface area contributed by atoms with Gasteiger partial charge in [0.15, 0.2) is 0 Å². The Morgan fingerprint density at radius 2 is 2.26 bits per heavy atom. The Balaban J connectivity index is 2.19. The van der Waals surface area contributed by atoms with Crippen LogP contribution in [0.1, 0.15) is 43.9 Å². The van der Waals surface area contributed by atoms with Gasteiger partial charge in [0.1, 0.15) is 11.9 Å². The maximum absolute atomic E-state index is 6.03. The van der Waals surface area contributed by atoms with Crippen molar-refractivity contribution in [2.75, 3.05) is 20.3 Å². The largest absolute Gasteiger partial charge is 0.488 e. The van der Waals surface area contributed by atoms with Crippen molar-refractivity contribution in [3.8, 4) is 5.75 Å².